The van der Waals surface area contributed by atoms with E-state index in [2.05, 4.69) is 24.1 Å². The zero-order valence-electron chi connectivity index (χ0n) is 16.4. The van der Waals surface area contributed by atoms with Crippen molar-refractivity contribution in [3.05, 3.63) is 59.9 Å². The van der Waals surface area contributed by atoms with Crippen molar-refractivity contribution in [3.63, 3.8) is 0 Å². The van der Waals surface area contributed by atoms with Crippen molar-refractivity contribution in [3.8, 4) is 5.75 Å². The summed E-state index contributed by atoms with van der Waals surface area (Å²) >= 11 is 0. The first-order valence-corrected chi connectivity index (χ1v) is 9.60. The van der Waals surface area contributed by atoms with Gasteiger partial charge in [0.25, 0.3) is 0 Å². The van der Waals surface area contributed by atoms with Gasteiger partial charge in [0.2, 0.25) is 5.91 Å². The molecule has 2 aromatic rings. The van der Waals surface area contributed by atoms with E-state index >= 15 is 0 Å². The van der Waals surface area contributed by atoms with E-state index in [0.717, 1.165) is 29.8 Å². The molecule has 1 amide bonds. The van der Waals surface area contributed by atoms with Crippen LogP contribution in [0, 0.1) is 5.92 Å². The molecular formula is C22H30N2O3. The minimum absolute atomic E-state index is 0.221. The molecule has 0 spiro atoms. The summed E-state index contributed by atoms with van der Waals surface area (Å²) in [6.45, 7) is 6.64. The molecule has 2 rings (SSSR count). The average Bonchev–Trinajstić information content (AvgIpc) is 2.69. The molecule has 1 unspecified atom stereocenters. The number of ether oxygens (including phenoxy) is 1. The van der Waals surface area contributed by atoms with Gasteiger partial charge in [0.15, 0.2) is 0 Å². The third kappa shape index (κ3) is 6.36. The van der Waals surface area contributed by atoms with E-state index < -0.39 is 5.92 Å². The van der Waals surface area contributed by atoms with E-state index in [0.29, 0.717) is 12.5 Å². The molecule has 0 radical (unpaired) electrons. The van der Waals surface area contributed by atoms with Crippen LogP contribution in [0.4, 0.5) is 0 Å². The Kier molecular flexibility index (Phi) is 8.27. The summed E-state index contributed by atoms with van der Waals surface area (Å²) in [6, 6.07) is 12.7. The Morgan fingerprint density at radius 3 is 2.52 bits per heavy atom. The fourth-order valence-electron chi connectivity index (χ4n) is 2.97. The lowest BCUT2D eigenvalue weighted by atomic mass is 9.98. The van der Waals surface area contributed by atoms with E-state index in [1.54, 1.807) is 6.20 Å². The van der Waals surface area contributed by atoms with E-state index in [-0.39, 0.29) is 18.6 Å². The molecule has 146 valence electrons. The van der Waals surface area contributed by atoms with Crippen LogP contribution in [0.2, 0.25) is 0 Å². The van der Waals surface area contributed by atoms with Crippen molar-refractivity contribution in [2.45, 2.75) is 45.6 Å². The zero-order valence-corrected chi connectivity index (χ0v) is 16.4. The van der Waals surface area contributed by atoms with Crippen LogP contribution >= 0.6 is 0 Å². The largest absolute Gasteiger partial charge is 0.493 e. The molecule has 1 aromatic heterocycles. The standard InChI is InChI=1S/C22H30N2O3/c1-4-7-16(2)15-27-19-11-9-18(10-12-19)20(14-25)22(26)24-17(3)21-8-5-6-13-23-21/h5-6,8-13,16-17,20,25H,4,7,14-15H2,1-3H3,(H,24,26)/t16?,17-,20-/m1/s1. The number of aliphatic hydroxyl groups excluding tert-OH is 1. The van der Waals surface area contributed by atoms with Gasteiger partial charge in [0.1, 0.15) is 5.75 Å². The third-order valence-corrected chi connectivity index (χ3v) is 4.59. The highest BCUT2D eigenvalue weighted by atomic mass is 16.5. The van der Waals surface area contributed by atoms with Gasteiger partial charge in [-0.05, 0) is 49.1 Å². The van der Waals surface area contributed by atoms with Crippen LogP contribution < -0.4 is 10.1 Å². The monoisotopic (exact) mass is 370 g/mol. The van der Waals surface area contributed by atoms with Crippen molar-refractivity contribution in [2.24, 2.45) is 5.92 Å². The van der Waals surface area contributed by atoms with Gasteiger partial charge in [0.05, 0.1) is 30.9 Å². The number of hydrogen-bond donors (Lipinski definition) is 2. The zero-order chi connectivity index (χ0) is 19.6. The van der Waals surface area contributed by atoms with E-state index in [9.17, 15) is 9.90 Å². The number of carbonyl (C=O) groups excluding carboxylic acids is 1. The van der Waals surface area contributed by atoms with Gasteiger partial charge in [-0.25, -0.2) is 0 Å². The number of amides is 1. The summed E-state index contributed by atoms with van der Waals surface area (Å²) in [6.07, 6.45) is 3.98. The lowest BCUT2D eigenvalue weighted by Crippen LogP contribution is -2.33. The highest BCUT2D eigenvalue weighted by Crippen LogP contribution is 2.21. The molecule has 0 saturated heterocycles. The minimum atomic E-state index is -0.621. The molecule has 0 aliphatic heterocycles. The van der Waals surface area contributed by atoms with E-state index in [1.165, 1.54) is 0 Å². The molecule has 2 N–H and O–H groups in total. The second-order valence-corrected chi connectivity index (χ2v) is 6.99. The maximum Gasteiger partial charge on any atom is 0.230 e. The van der Waals surface area contributed by atoms with Crippen LogP contribution in [-0.2, 0) is 4.79 Å². The van der Waals surface area contributed by atoms with Gasteiger partial charge in [0, 0.05) is 6.20 Å². The topological polar surface area (TPSA) is 71.5 Å². The Bertz CT molecular complexity index is 688. The predicted octanol–water partition coefficient (Wildman–Crippen LogP) is 3.85. The smallest absolute Gasteiger partial charge is 0.230 e. The van der Waals surface area contributed by atoms with Crippen molar-refractivity contribution in [2.75, 3.05) is 13.2 Å². The number of benzene rings is 1. The Hall–Kier alpha value is -2.40. The fraction of sp³-hybridized carbons (Fsp3) is 0.455. The molecule has 5 heteroatoms. The predicted molar refractivity (Wildman–Crippen MR) is 107 cm³/mol. The van der Waals surface area contributed by atoms with Crippen LogP contribution in [0.3, 0.4) is 0 Å². The highest BCUT2D eigenvalue weighted by Gasteiger charge is 2.22. The van der Waals surface area contributed by atoms with Gasteiger partial charge < -0.3 is 15.2 Å². The molecule has 0 saturated carbocycles. The molecule has 0 aliphatic carbocycles. The minimum Gasteiger partial charge on any atom is -0.493 e. The summed E-state index contributed by atoms with van der Waals surface area (Å²) in [7, 11) is 0. The molecular weight excluding hydrogens is 340 g/mol. The summed E-state index contributed by atoms with van der Waals surface area (Å²) in [5.41, 5.74) is 1.55. The van der Waals surface area contributed by atoms with Gasteiger partial charge in [-0.3, -0.25) is 9.78 Å². The molecule has 0 aliphatic rings. The Balaban J connectivity index is 1.96. The van der Waals surface area contributed by atoms with Crippen LogP contribution in [-0.4, -0.2) is 29.2 Å². The summed E-state index contributed by atoms with van der Waals surface area (Å²) < 4.78 is 5.80. The first-order chi connectivity index (χ1) is 13.0. The maximum absolute atomic E-state index is 12.6. The number of nitrogens with one attached hydrogen (secondary N) is 1. The molecule has 5 nitrogen and oxygen atoms in total. The highest BCUT2D eigenvalue weighted by molar-refractivity contribution is 5.84. The molecule has 0 bridgehead atoms. The number of carbonyl (C=O) groups is 1. The lowest BCUT2D eigenvalue weighted by molar-refractivity contribution is -0.124. The maximum atomic E-state index is 12.6. The van der Waals surface area contributed by atoms with Crippen molar-refractivity contribution >= 4 is 5.91 Å². The van der Waals surface area contributed by atoms with Crippen LogP contribution in [0.5, 0.6) is 5.75 Å². The Labute approximate surface area is 161 Å². The number of pyridine rings is 1. The summed E-state index contributed by atoms with van der Waals surface area (Å²) in [5.74, 6) is 0.449. The van der Waals surface area contributed by atoms with Gasteiger partial charge in [-0.15, -0.1) is 0 Å². The third-order valence-electron chi connectivity index (χ3n) is 4.59. The van der Waals surface area contributed by atoms with E-state index in [1.807, 2.05) is 49.4 Å². The van der Waals surface area contributed by atoms with Gasteiger partial charge >= 0.3 is 0 Å². The van der Waals surface area contributed by atoms with Crippen LogP contribution in [0.1, 0.15) is 56.8 Å². The second kappa shape index (κ2) is 10.7. The Morgan fingerprint density at radius 2 is 1.93 bits per heavy atom. The van der Waals surface area contributed by atoms with E-state index in [4.69, 9.17) is 4.74 Å². The summed E-state index contributed by atoms with van der Waals surface area (Å²) in [4.78, 5) is 16.9. The number of aliphatic hydroxyl groups is 1. The number of nitrogens with zero attached hydrogens (tertiary/aromatic N) is 1. The normalized spacial score (nSPS) is 14.2. The summed E-state index contributed by atoms with van der Waals surface area (Å²) in [5, 5.41) is 12.7. The second-order valence-electron chi connectivity index (χ2n) is 6.99. The average molecular weight is 370 g/mol. The molecule has 3 atom stereocenters. The number of rotatable bonds is 10. The fourth-order valence-corrected chi connectivity index (χ4v) is 2.97. The SMILES string of the molecule is CCCC(C)COc1ccc([C@@H](CO)C(=O)N[C@H](C)c2ccccn2)cc1. The first-order valence-electron chi connectivity index (χ1n) is 9.60. The Morgan fingerprint density at radius 1 is 1.19 bits per heavy atom. The van der Waals surface area contributed by atoms with Crippen LogP contribution in [0.15, 0.2) is 48.7 Å². The number of aromatic nitrogens is 1. The van der Waals surface area contributed by atoms with Gasteiger partial charge in [-0.2, -0.15) is 0 Å². The quantitative estimate of drug-likeness (QED) is 0.666. The molecule has 1 heterocycles. The number of hydrogen-bond acceptors (Lipinski definition) is 4. The lowest BCUT2D eigenvalue weighted by Gasteiger charge is -2.19. The molecule has 1 aromatic carbocycles. The molecule has 0 fully saturated rings. The van der Waals surface area contributed by atoms with Crippen molar-refractivity contribution in [1.29, 1.82) is 0 Å². The van der Waals surface area contributed by atoms with Crippen LogP contribution in [0.25, 0.3) is 0 Å². The molecule has 27 heavy (non-hydrogen) atoms. The first kappa shape index (κ1) is 20.9. The van der Waals surface area contributed by atoms with Gasteiger partial charge in [-0.1, -0.05) is 38.5 Å². The van der Waals surface area contributed by atoms with Crippen molar-refractivity contribution < 1.29 is 14.6 Å². The van der Waals surface area contributed by atoms with Crippen molar-refractivity contribution in [1.82, 2.24) is 10.3 Å².